The molecule has 0 saturated carbocycles. The van der Waals surface area contributed by atoms with Crippen LogP contribution in [0.3, 0.4) is 0 Å². The summed E-state index contributed by atoms with van der Waals surface area (Å²) in [4.78, 5) is 33.1. The first-order valence-corrected chi connectivity index (χ1v) is 12.0. The molecule has 1 aliphatic heterocycles. The molecule has 1 N–H and O–H groups in total. The van der Waals surface area contributed by atoms with Crippen LogP contribution in [0.4, 0.5) is 16.2 Å². The average Bonchev–Trinajstić information content (AvgIpc) is 2.88. The number of carbonyl (C=O) groups is 2. The molecule has 4 rings (SSSR count). The fraction of sp³-hybridized carbons (Fsp3) is 0.321. The molecular formula is C28H32N4O3. The normalized spacial score (nSPS) is 18.0. The Morgan fingerprint density at radius 1 is 1.00 bits per heavy atom. The predicted molar refractivity (Wildman–Crippen MR) is 138 cm³/mol. The zero-order valence-corrected chi connectivity index (χ0v) is 20.5. The van der Waals surface area contributed by atoms with E-state index in [-0.39, 0.29) is 11.8 Å². The van der Waals surface area contributed by atoms with Crippen molar-refractivity contribution in [2.75, 3.05) is 17.3 Å². The van der Waals surface area contributed by atoms with Crippen molar-refractivity contribution < 1.29 is 14.3 Å². The van der Waals surface area contributed by atoms with Crippen molar-refractivity contribution in [3.63, 3.8) is 0 Å². The van der Waals surface area contributed by atoms with Crippen molar-refractivity contribution in [3.05, 3.63) is 84.1 Å². The van der Waals surface area contributed by atoms with Crippen molar-refractivity contribution >= 4 is 23.4 Å². The highest BCUT2D eigenvalue weighted by atomic mass is 16.6. The second-order valence-electron chi connectivity index (χ2n) is 9.10. The summed E-state index contributed by atoms with van der Waals surface area (Å²) >= 11 is 0. The van der Waals surface area contributed by atoms with Crippen LogP contribution >= 0.6 is 0 Å². The Hall–Kier alpha value is -3.71. The molecule has 1 fully saturated rings. The molecule has 7 heteroatoms. The SMILES string of the molecule is CC1CCCC(C)N1Cc1ccc(C(=O)Nc2ccc(OC(=O)N(C)c3ccccc3)nc2)cc1. The monoisotopic (exact) mass is 472 g/mol. The highest BCUT2D eigenvalue weighted by molar-refractivity contribution is 6.04. The lowest BCUT2D eigenvalue weighted by molar-refractivity contribution is 0.0952. The van der Waals surface area contributed by atoms with Crippen molar-refractivity contribution in [1.82, 2.24) is 9.88 Å². The van der Waals surface area contributed by atoms with Crippen LogP contribution in [0.25, 0.3) is 0 Å². The summed E-state index contributed by atoms with van der Waals surface area (Å²) in [6, 6.07) is 21.3. The van der Waals surface area contributed by atoms with E-state index in [1.165, 1.54) is 35.9 Å². The van der Waals surface area contributed by atoms with Crippen LogP contribution < -0.4 is 15.0 Å². The number of pyridine rings is 1. The fourth-order valence-electron chi connectivity index (χ4n) is 4.39. The van der Waals surface area contributed by atoms with Crippen molar-refractivity contribution in [2.45, 2.75) is 51.7 Å². The third-order valence-electron chi connectivity index (χ3n) is 6.56. The van der Waals surface area contributed by atoms with E-state index in [1.807, 2.05) is 54.6 Å². The maximum atomic E-state index is 12.7. The first-order chi connectivity index (χ1) is 16.9. The molecule has 0 spiro atoms. The van der Waals surface area contributed by atoms with Crippen molar-refractivity contribution in [3.8, 4) is 5.88 Å². The maximum absolute atomic E-state index is 12.7. The summed E-state index contributed by atoms with van der Waals surface area (Å²) in [6.07, 6.45) is 4.69. The molecule has 0 aliphatic carbocycles. The number of anilines is 2. The second kappa shape index (κ2) is 11.1. The summed E-state index contributed by atoms with van der Waals surface area (Å²) in [5, 5.41) is 2.84. The number of nitrogens with zero attached hydrogens (tertiary/aromatic N) is 3. The van der Waals surface area contributed by atoms with Crippen LogP contribution in [0, 0.1) is 0 Å². The summed E-state index contributed by atoms with van der Waals surface area (Å²) < 4.78 is 5.32. The number of nitrogens with one attached hydrogen (secondary N) is 1. The first kappa shape index (κ1) is 24.4. The molecule has 2 atom stereocenters. The molecule has 7 nitrogen and oxygen atoms in total. The molecule has 0 radical (unpaired) electrons. The van der Waals surface area contributed by atoms with Crippen LogP contribution in [0.5, 0.6) is 5.88 Å². The zero-order chi connectivity index (χ0) is 24.8. The highest BCUT2D eigenvalue weighted by Gasteiger charge is 2.24. The van der Waals surface area contributed by atoms with Gasteiger partial charge in [-0.2, -0.15) is 0 Å². The summed E-state index contributed by atoms with van der Waals surface area (Å²) in [7, 11) is 1.63. The molecular weight excluding hydrogens is 440 g/mol. The number of rotatable bonds is 6. The van der Waals surface area contributed by atoms with Crippen LogP contribution in [-0.4, -0.2) is 41.0 Å². The molecule has 1 aliphatic rings. The first-order valence-electron chi connectivity index (χ1n) is 12.0. The highest BCUT2D eigenvalue weighted by Crippen LogP contribution is 2.25. The van der Waals surface area contributed by atoms with E-state index in [9.17, 15) is 9.59 Å². The summed E-state index contributed by atoms with van der Waals surface area (Å²) in [5.74, 6) is -0.0621. The smallest absolute Gasteiger partial charge is 0.391 e. The lowest BCUT2D eigenvalue weighted by Gasteiger charge is -2.39. The molecule has 2 heterocycles. The van der Waals surface area contributed by atoms with Crippen LogP contribution in [0.1, 0.15) is 49.0 Å². The number of amides is 2. The molecule has 35 heavy (non-hydrogen) atoms. The molecule has 1 saturated heterocycles. The number of piperidine rings is 1. The van der Waals surface area contributed by atoms with Crippen LogP contribution in [0.2, 0.25) is 0 Å². The number of para-hydroxylation sites is 1. The molecule has 2 unspecified atom stereocenters. The van der Waals surface area contributed by atoms with E-state index >= 15 is 0 Å². The van der Waals surface area contributed by atoms with Gasteiger partial charge in [0.2, 0.25) is 5.88 Å². The number of hydrogen-bond donors (Lipinski definition) is 1. The van der Waals surface area contributed by atoms with Crippen molar-refractivity contribution in [2.24, 2.45) is 0 Å². The van der Waals surface area contributed by atoms with Crippen LogP contribution in [-0.2, 0) is 6.54 Å². The third kappa shape index (κ3) is 6.25. The summed E-state index contributed by atoms with van der Waals surface area (Å²) in [6.45, 7) is 5.48. The van der Waals surface area contributed by atoms with E-state index < -0.39 is 6.09 Å². The Labute approximate surface area is 206 Å². The Kier molecular flexibility index (Phi) is 7.77. The lowest BCUT2D eigenvalue weighted by atomic mass is 9.96. The minimum Gasteiger partial charge on any atom is -0.391 e. The van der Waals surface area contributed by atoms with E-state index in [0.717, 1.165) is 6.54 Å². The predicted octanol–water partition coefficient (Wildman–Crippen LogP) is 5.73. The molecule has 0 bridgehead atoms. The number of aromatic nitrogens is 1. The number of carbonyl (C=O) groups excluding carboxylic acids is 2. The fourth-order valence-corrected chi connectivity index (χ4v) is 4.39. The molecule has 1 aromatic heterocycles. The van der Waals surface area contributed by atoms with Gasteiger partial charge in [-0.15, -0.1) is 0 Å². The molecule has 2 amide bonds. The van der Waals surface area contributed by atoms with Gasteiger partial charge in [-0.05, 0) is 62.6 Å². The zero-order valence-electron chi connectivity index (χ0n) is 20.5. The van der Waals surface area contributed by atoms with Crippen LogP contribution in [0.15, 0.2) is 72.9 Å². The maximum Gasteiger partial charge on any atom is 0.420 e. The summed E-state index contributed by atoms with van der Waals surface area (Å²) in [5.41, 5.74) is 3.02. The van der Waals surface area contributed by atoms with Gasteiger partial charge >= 0.3 is 6.09 Å². The van der Waals surface area contributed by atoms with E-state index in [2.05, 4.69) is 29.0 Å². The molecule has 3 aromatic rings. The standard InChI is InChI=1S/C28H32N4O3/c1-20-8-7-9-21(2)32(20)19-22-12-14-23(15-13-22)27(33)30-24-16-17-26(29-18-24)35-28(34)31(3)25-10-5-4-6-11-25/h4-6,10-18,20-21H,7-9,19H2,1-3H3,(H,30,33). The van der Waals surface area contributed by atoms with Gasteiger partial charge in [0.25, 0.3) is 5.91 Å². The minimum atomic E-state index is -0.547. The quantitative estimate of drug-likeness (QED) is 0.496. The van der Waals surface area contributed by atoms with Gasteiger partial charge in [0.1, 0.15) is 0 Å². The Balaban J connectivity index is 1.31. The number of likely N-dealkylation sites (tertiary alicyclic amines) is 1. The van der Waals surface area contributed by atoms with Gasteiger partial charge < -0.3 is 10.1 Å². The number of ether oxygens (including phenoxy) is 1. The largest absolute Gasteiger partial charge is 0.420 e. The second-order valence-corrected chi connectivity index (χ2v) is 9.10. The topological polar surface area (TPSA) is 74.8 Å². The van der Waals surface area contributed by atoms with Gasteiger partial charge in [0, 0.05) is 43.0 Å². The Morgan fingerprint density at radius 3 is 2.31 bits per heavy atom. The minimum absolute atomic E-state index is 0.154. The Morgan fingerprint density at radius 2 is 1.69 bits per heavy atom. The average molecular weight is 473 g/mol. The molecule has 182 valence electrons. The third-order valence-corrected chi connectivity index (χ3v) is 6.56. The van der Waals surface area contributed by atoms with Gasteiger partial charge in [-0.1, -0.05) is 36.8 Å². The van der Waals surface area contributed by atoms with Crippen molar-refractivity contribution in [1.29, 1.82) is 0 Å². The van der Waals surface area contributed by atoms with Gasteiger partial charge in [-0.3, -0.25) is 14.6 Å². The Bertz CT molecular complexity index is 1120. The van der Waals surface area contributed by atoms with E-state index in [0.29, 0.717) is 29.0 Å². The lowest BCUT2D eigenvalue weighted by Crippen LogP contribution is -2.42. The van der Waals surface area contributed by atoms with E-state index in [4.69, 9.17) is 4.74 Å². The number of hydrogen-bond acceptors (Lipinski definition) is 5. The van der Waals surface area contributed by atoms with Gasteiger partial charge in [-0.25, -0.2) is 9.78 Å². The van der Waals surface area contributed by atoms with E-state index in [1.54, 1.807) is 19.2 Å². The molecule has 2 aromatic carbocycles. The van der Waals surface area contributed by atoms with Gasteiger partial charge in [0.15, 0.2) is 0 Å². The number of benzene rings is 2. The van der Waals surface area contributed by atoms with Gasteiger partial charge in [0.05, 0.1) is 11.9 Å².